The minimum atomic E-state index is -1.38. The molecule has 0 aliphatic heterocycles. The minimum Gasteiger partial charge on any atom is -0.423 e. The number of carbonyl (C=O) groups is 1. The van der Waals surface area contributed by atoms with Crippen LogP contribution in [0.5, 0.6) is 0 Å². The number of hydrogen-bond acceptors (Lipinski definition) is 8. The van der Waals surface area contributed by atoms with Crippen LogP contribution < -0.4 is 20.6 Å². The van der Waals surface area contributed by atoms with Gasteiger partial charge in [-0.2, -0.15) is 5.10 Å². The highest BCUT2D eigenvalue weighted by molar-refractivity contribution is 7.09. The van der Waals surface area contributed by atoms with E-state index in [9.17, 15) is 4.79 Å². The lowest BCUT2D eigenvalue weighted by molar-refractivity contribution is 0.102. The van der Waals surface area contributed by atoms with Crippen LogP contribution in [0.2, 0.25) is 0 Å². The first-order chi connectivity index (χ1) is 18.6. The van der Waals surface area contributed by atoms with Crippen LogP contribution in [-0.2, 0) is 0 Å². The summed E-state index contributed by atoms with van der Waals surface area (Å²) in [7, 11) is 6.45. The topological polar surface area (TPSA) is 118 Å². The maximum absolute atomic E-state index is 12.6. The Hall–Kier alpha value is -4.19. The standard InChI is InChI=1S/C20H19N5OS.C8H12BNO2/c1-12-22-19(11-27-12)20(26)23-17-8-14(9-18-16(17)10-21-24-18)13-5-4-6-15(7-13)25(2)3;1-10(2)8-5-3-4-7(6-8)9(11)12/h4-11H,1-3H3,(H,21,24)(H,23,26);3-6,11-12H,1-2H3. The maximum atomic E-state index is 12.6. The summed E-state index contributed by atoms with van der Waals surface area (Å²) in [5, 5.41) is 31.3. The fourth-order valence-corrected chi connectivity index (χ4v) is 4.50. The molecule has 5 aromatic rings. The van der Waals surface area contributed by atoms with Gasteiger partial charge in [0.2, 0.25) is 0 Å². The highest BCUT2D eigenvalue weighted by Crippen LogP contribution is 2.32. The Bertz CT molecular complexity index is 1560. The number of nitrogens with one attached hydrogen (secondary N) is 2. The molecule has 0 unspecified atom stereocenters. The normalized spacial score (nSPS) is 10.5. The average Bonchev–Trinajstić information content (AvgIpc) is 3.58. The van der Waals surface area contributed by atoms with E-state index >= 15 is 0 Å². The van der Waals surface area contributed by atoms with Crippen molar-refractivity contribution in [3.63, 3.8) is 0 Å². The zero-order valence-corrected chi connectivity index (χ0v) is 23.3. The number of H-pyrrole nitrogens is 1. The van der Waals surface area contributed by atoms with Crippen molar-refractivity contribution in [2.45, 2.75) is 6.92 Å². The third-order valence-corrected chi connectivity index (χ3v) is 6.81. The molecule has 0 spiro atoms. The highest BCUT2D eigenvalue weighted by Gasteiger charge is 2.14. The number of thiazole rings is 1. The largest absolute Gasteiger partial charge is 0.488 e. The van der Waals surface area contributed by atoms with Crippen molar-refractivity contribution in [3.8, 4) is 11.1 Å². The van der Waals surface area contributed by atoms with Crippen LogP contribution in [0.3, 0.4) is 0 Å². The van der Waals surface area contributed by atoms with E-state index in [1.165, 1.54) is 11.3 Å². The molecule has 0 atom stereocenters. The Labute approximate surface area is 231 Å². The first kappa shape index (κ1) is 27.8. The van der Waals surface area contributed by atoms with Crippen LogP contribution in [0.15, 0.2) is 72.2 Å². The zero-order chi connectivity index (χ0) is 28.1. The minimum absolute atomic E-state index is 0.221. The molecule has 0 aliphatic carbocycles. The average molecular weight is 542 g/mol. The highest BCUT2D eigenvalue weighted by atomic mass is 32.1. The van der Waals surface area contributed by atoms with Gasteiger partial charge in [-0.15, -0.1) is 11.3 Å². The molecule has 0 aliphatic rings. The van der Waals surface area contributed by atoms with Crippen molar-refractivity contribution in [2.24, 2.45) is 0 Å². The lowest BCUT2D eigenvalue weighted by atomic mass is 9.80. The Balaban J connectivity index is 0.000000247. The number of hydrogen-bond donors (Lipinski definition) is 4. The van der Waals surface area contributed by atoms with Crippen LogP contribution in [-0.4, -0.2) is 66.4 Å². The Morgan fingerprint density at radius 3 is 2.28 bits per heavy atom. The van der Waals surface area contributed by atoms with Crippen LogP contribution >= 0.6 is 11.3 Å². The molecule has 11 heteroatoms. The maximum Gasteiger partial charge on any atom is 0.488 e. The molecule has 0 bridgehead atoms. The van der Waals surface area contributed by atoms with Gasteiger partial charge in [0.25, 0.3) is 5.91 Å². The van der Waals surface area contributed by atoms with Gasteiger partial charge in [-0.3, -0.25) is 9.89 Å². The third kappa shape index (κ3) is 6.83. The van der Waals surface area contributed by atoms with E-state index < -0.39 is 7.12 Å². The number of amides is 1. The zero-order valence-electron chi connectivity index (χ0n) is 22.5. The Kier molecular flexibility index (Phi) is 8.65. The molecule has 2 heterocycles. The second-order valence-electron chi connectivity index (χ2n) is 9.37. The molecule has 0 radical (unpaired) electrons. The molecular weight excluding hydrogens is 511 g/mol. The van der Waals surface area contributed by atoms with Crippen molar-refractivity contribution in [2.75, 3.05) is 43.3 Å². The number of rotatable bonds is 6. The third-order valence-electron chi connectivity index (χ3n) is 6.04. The van der Waals surface area contributed by atoms with Gasteiger partial charge in [-0.05, 0) is 59.9 Å². The Morgan fingerprint density at radius 2 is 1.64 bits per heavy atom. The predicted octanol–water partition coefficient (Wildman–Crippen LogP) is 3.75. The number of aromatic amines is 1. The second kappa shape index (κ2) is 12.1. The summed E-state index contributed by atoms with van der Waals surface area (Å²) in [6.07, 6.45) is 1.72. The Morgan fingerprint density at radius 1 is 0.949 bits per heavy atom. The van der Waals surface area contributed by atoms with E-state index in [0.717, 1.165) is 38.4 Å². The van der Waals surface area contributed by atoms with E-state index in [4.69, 9.17) is 10.0 Å². The first-order valence-electron chi connectivity index (χ1n) is 12.2. The fourth-order valence-electron chi connectivity index (χ4n) is 3.90. The summed E-state index contributed by atoms with van der Waals surface area (Å²) in [5.74, 6) is -0.221. The van der Waals surface area contributed by atoms with Crippen LogP contribution in [0.4, 0.5) is 17.1 Å². The number of anilines is 3. The summed E-state index contributed by atoms with van der Waals surface area (Å²) in [6, 6.07) is 19.4. The molecule has 9 nitrogen and oxygen atoms in total. The molecule has 39 heavy (non-hydrogen) atoms. The second-order valence-corrected chi connectivity index (χ2v) is 10.4. The predicted molar refractivity (Wildman–Crippen MR) is 161 cm³/mol. The van der Waals surface area contributed by atoms with Gasteiger partial charge >= 0.3 is 7.12 Å². The van der Waals surface area contributed by atoms with Gasteiger partial charge in [-0.25, -0.2) is 4.98 Å². The number of carbonyl (C=O) groups excluding carboxylic acids is 1. The molecule has 4 N–H and O–H groups in total. The van der Waals surface area contributed by atoms with Crippen molar-refractivity contribution in [1.29, 1.82) is 0 Å². The number of aromatic nitrogens is 3. The number of benzene rings is 3. The smallest absolute Gasteiger partial charge is 0.423 e. The summed E-state index contributed by atoms with van der Waals surface area (Å²) >= 11 is 1.46. The van der Waals surface area contributed by atoms with Gasteiger partial charge < -0.3 is 25.2 Å². The van der Waals surface area contributed by atoms with Crippen LogP contribution in [0, 0.1) is 6.92 Å². The number of aryl methyl sites for hydroxylation is 1. The molecule has 2 aromatic heterocycles. The van der Waals surface area contributed by atoms with Crippen molar-refractivity contribution in [3.05, 3.63) is 82.9 Å². The molecule has 0 fully saturated rings. The van der Waals surface area contributed by atoms with E-state index in [0.29, 0.717) is 16.8 Å². The van der Waals surface area contributed by atoms with Crippen LogP contribution in [0.1, 0.15) is 15.5 Å². The monoisotopic (exact) mass is 542 g/mol. The molecule has 5 rings (SSSR count). The lowest BCUT2D eigenvalue weighted by Crippen LogP contribution is -2.30. The van der Waals surface area contributed by atoms with Gasteiger partial charge in [-0.1, -0.05) is 24.3 Å². The van der Waals surface area contributed by atoms with Crippen molar-refractivity contribution >= 4 is 57.8 Å². The number of fused-ring (bicyclic) bond motifs is 1. The quantitative estimate of drug-likeness (QED) is 0.242. The summed E-state index contributed by atoms with van der Waals surface area (Å²) in [5.41, 5.74) is 6.66. The SMILES string of the molecule is CN(C)c1cccc(B(O)O)c1.Cc1nc(C(=O)Nc2cc(-c3cccc(N(C)C)c3)cc3[nH]ncc23)cs1. The fraction of sp³-hybridized carbons (Fsp3) is 0.179. The molecular formula is C28H31BN6O3S. The number of nitrogens with zero attached hydrogens (tertiary/aromatic N) is 4. The van der Waals surface area contributed by atoms with Crippen molar-refractivity contribution < 1.29 is 14.8 Å². The lowest BCUT2D eigenvalue weighted by Gasteiger charge is -2.14. The molecule has 200 valence electrons. The summed E-state index contributed by atoms with van der Waals surface area (Å²) in [4.78, 5) is 20.8. The molecule has 0 saturated carbocycles. The molecule has 0 saturated heterocycles. The van der Waals surface area contributed by atoms with Gasteiger partial charge in [0, 0.05) is 50.3 Å². The first-order valence-corrected chi connectivity index (χ1v) is 13.1. The molecule has 3 aromatic carbocycles. The van der Waals surface area contributed by atoms with Gasteiger partial charge in [0.15, 0.2) is 0 Å². The van der Waals surface area contributed by atoms with E-state index in [-0.39, 0.29) is 5.91 Å². The van der Waals surface area contributed by atoms with Gasteiger partial charge in [0.1, 0.15) is 5.69 Å². The van der Waals surface area contributed by atoms with E-state index in [2.05, 4.69) is 43.6 Å². The van der Waals surface area contributed by atoms with Crippen molar-refractivity contribution in [1.82, 2.24) is 15.2 Å². The van der Waals surface area contributed by atoms with E-state index in [1.807, 2.05) is 64.3 Å². The summed E-state index contributed by atoms with van der Waals surface area (Å²) in [6.45, 7) is 1.88. The van der Waals surface area contributed by atoms with Crippen LogP contribution in [0.25, 0.3) is 22.0 Å². The van der Waals surface area contributed by atoms with E-state index in [1.54, 1.807) is 29.8 Å². The molecule has 1 amide bonds. The van der Waals surface area contributed by atoms with Gasteiger partial charge in [0.05, 0.1) is 22.4 Å². The summed E-state index contributed by atoms with van der Waals surface area (Å²) < 4.78 is 0.